The summed E-state index contributed by atoms with van der Waals surface area (Å²) in [7, 11) is 0.219. The molecule has 2 rings (SSSR count). The molecule has 174 valence electrons. The Labute approximate surface area is 198 Å². The van der Waals surface area contributed by atoms with E-state index in [1.165, 1.54) is 26.0 Å². The van der Waals surface area contributed by atoms with Crippen LogP contribution in [0.2, 0.25) is 10.0 Å². The second kappa shape index (κ2) is 11.0. The van der Waals surface area contributed by atoms with Crippen molar-refractivity contribution in [3.05, 3.63) is 64.1 Å². The van der Waals surface area contributed by atoms with Gasteiger partial charge < -0.3 is 10.2 Å². The Morgan fingerprint density at radius 3 is 2.06 bits per heavy atom. The molecule has 0 aromatic heterocycles. The zero-order valence-corrected chi connectivity index (χ0v) is 20.6. The highest BCUT2D eigenvalue weighted by Gasteiger charge is 2.32. The molecule has 0 aliphatic carbocycles. The van der Waals surface area contributed by atoms with Gasteiger partial charge in [-0.25, -0.2) is 4.31 Å². The van der Waals surface area contributed by atoms with Gasteiger partial charge >= 0.3 is 10.2 Å². The van der Waals surface area contributed by atoms with Crippen molar-refractivity contribution in [2.45, 2.75) is 19.5 Å². The van der Waals surface area contributed by atoms with Crippen LogP contribution in [-0.2, 0) is 26.3 Å². The van der Waals surface area contributed by atoms with Crippen LogP contribution < -0.4 is 9.62 Å². The van der Waals surface area contributed by atoms with Gasteiger partial charge in [-0.3, -0.25) is 9.59 Å². The van der Waals surface area contributed by atoms with E-state index in [1.807, 2.05) is 0 Å². The lowest BCUT2D eigenvalue weighted by Gasteiger charge is -2.33. The molecule has 1 unspecified atom stereocenters. The fourth-order valence-electron chi connectivity index (χ4n) is 2.96. The Morgan fingerprint density at radius 1 is 1.00 bits per heavy atom. The summed E-state index contributed by atoms with van der Waals surface area (Å²) < 4.78 is 28.0. The molecule has 0 spiro atoms. The minimum atomic E-state index is -3.99. The number of nitrogens with zero attached hydrogens (tertiary/aromatic N) is 3. The van der Waals surface area contributed by atoms with Crippen molar-refractivity contribution in [2.24, 2.45) is 0 Å². The largest absolute Gasteiger partial charge is 0.357 e. The predicted octanol–water partition coefficient (Wildman–Crippen LogP) is 2.77. The third-order valence-corrected chi connectivity index (χ3v) is 7.39. The molecule has 1 N–H and O–H groups in total. The Balaban J connectivity index is 2.48. The summed E-state index contributed by atoms with van der Waals surface area (Å²) in [6.07, 6.45) is 0. The molecule has 0 saturated carbocycles. The number of benzene rings is 2. The van der Waals surface area contributed by atoms with Gasteiger partial charge in [0.2, 0.25) is 11.8 Å². The molecule has 32 heavy (non-hydrogen) atoms. The van der Waals surface area contributed by atoms with Gasteiger partial charge in [0, 0.05) is 43.3 Å². The molecule has 0 heterocycles. The van der Waals surface area contributed by atoms with Crippen LogP contribution in [0.15, 0.2) is 48.5 Å². The van der Waals surface area contributed by atoms with Crippen molar-refractivity contribution in [1.82, 2.24) is 14.5 Å². The third kappa shape index (κ3) is 5.92. The van der Waals surface area contributed by atoms with Gasteiger partial charge in [0.25, 0.3) is 0 Å². The number of likely N-dealkylation sites (N-methyl/N-ethyl adjacent to an activating group) is 1. The molecule has 2 aromatic carbocycles. The van der Waals surface area contributed by atoms with Crippen LogP contribution in [0.3, 0.4) is 0 Å². The fraction of sp³-hybridized carbons (Fsp3) is 0.333. The lowest BCUT2D eigenvalue weighted by Crippen LogP contribution is -2.52. The summed E-state index contributed by atoms with van der Waals surface area (Å²) in [5, 5.41) is 3.18. The van der Waals surface area contributed by atoms with Gasteiger partial charge in [0.1, 0.15) is 12.6 Å². The van der Waals surface area contributed by atoms with Gasteiger partial charge in [0.15, 0.2) is 0 Å². The Morgan fingerprint density at radius 2 is 1.56 bits per heavy atom. The van der Waals surface area contributed by atoms with Crippen LogP contribution in [0, 0.1) is 0 Å². The van der Waals surface area contributed by atoms with Crippen molar-refractivity contribution in [2.75, 3.05) is 32.0 Å². The van der Waals surface area contributed by atoms with E-state index in [1.54, 1.807) is 55.5 Å². The minimum absolute atomic E-state index is 0.0728. The Kier molecular flexibility index (Phi) is 8.91. The van der Waals surface area contributed by atoms with Crippen LogP contribution in [0.1, 0.15) is 12.5 Å². The second-order valence-electron chi connectivity index (χ2n) is 7.14. The number of nitrogens with one attached hydrogen (secondary N) is 1. The molecule has 1 atom stereocenters. The average Bonchev–Trinajstić information content (AvgIpc) is 2.76. The maximum Gasteiger partial charge on any atom is 0.304 e. The standard InChI is InChI=1S/C21H26Cl2N4O4S/c1-15(21(29)24-2)26(13-17-18(22)11-8-12-19(17)23)20(28)14-27(32(30,31)25(3)4)16-9-6-5-7-10-16/h5-12,15H,13-14H2,1-4H3,(H,24,29). The summed E-state index contributed by atoms with van der Waals surface area (Å²) in [5.41, 5.74) is 0.777. The number of carbonyl (C=O) groups is 2. The van der Waals surface area contributed by atoms with E-state index in [0.717, 1.165) is 8.61 Å². The van der Waals surface area contributed by atoms with E-state index in [4.69, 9.17) is 23.2 Å². The molecule has 2 amide bonds. The zero-order chi connectivity index (χ0) is 24.1. The highest BCUT2D eigenvalue weighted by Crippen LogP contribution is 2.27. The monoisotopic (exact) mass is 500 g/mol. The van der Waals surface area contributed by atoms with Crippen LogP contribution in [0.25, 0.3) is 0 Å². The molecule has 0 bridgehead atoms. The quantitative estimate of drug-likeness (QED) is 0.572. The smallest absolute Gasteiger partial charge is 0.304 e. The lowest BCUT2D eigenvalue weighted by atomic mass is 10.1. The van der Waals surface area contributed by atoms with E-state index in [9.17, 15) is 18.0 Å². The molecule has 2 aromatic rings. The second-order valence-corrected chi connectivity index (χ2v) is 10.0. The van der Waals surface area contributed by atoms with E-state index in [2.05, 4.69) is 5.32 Å². The van der Waals surface area contributed by atoms with Crippen molar-refractivity contribution in [3.63, 3.8) is 0 Å². The number of rotatable bonds is 9. The zero-order valence-electron chi connectivity index (χ0n) is 18.2. The molecule has 8 nitrogen and oxygen atoms in total. The number of anilines is 1. The molecule has 0 aliphatic heterocycles. The number of amides is 2. The molecular weight excluding hydrogens is 475 g/mol. The molecular formula is C21H26Cl2N4O4S. The van der Waals surface area contributed by atoms with E-state index >= 15 is 0 Å². The first-order chi connectivity index (χ1) is 15.0. The summed E-state index contributed by atoms with van der Waals surface area (Å²) >= 11 is 12.6. The average molecular weight is 501 g/mol. The third-order valence-electron chi connectivity index (χ3n) is 4.87. The number of hydrogen-bond acceptors (Lipinski definition) is 4. The summed E-state index contributed by atoms with van der Waals surface area (Å²) in [6.45, 7) is 0.958. The number of hydrogen-bond donors (Lipinski definition) is 1. The van der Waals surface area contributed by atoms with Gasteiger partial charge in [-0.05, 0) is 31.2 Å². The Bertz CT molecular complexity index is 1040. The summed E-state index contributed by atoms with van der Waals surface area (Å²) in [6, 6.07) is 12.3. The summed E-state index contributed by atoms with van der Waals surface area (Å²) in [5.74, 6) is -1.00. The first-order valence-corrected chi connectivity index (χ1v) is 11.8. The van der Waals surface area contributed by atoms with Gasteiger partial charge in [-0.15, -0.1) is 0 Å². The first-order valence-electron chi connectivity index (χ1n) is 9.69. The van der Waals surface area contributed by atoms with Crippen molar-refractivity contribution in [1.29, 1.82) is 0 Å². The molecule has 0 aliphatic rings. The first kappa shape index (κ1) is 25.9. The molecule has 11 heteroatoms. The minimum Gasteiger partial charge on any atom is -0.357 e. The highest BCUT2D eigenvalue weighted by molar-refractivity contribution is 7.90. The van der Waals surface area contributed by atoms with Crippen molar-refractivity contribution >= 4 is 50.9 Å². The lowest BCUT2D eigenvalue weighted by molar-refractivity contribution is -0.139. The normalized spacial score (nSPS) is 12.3. The van der Waals surface area contributed by atoms with E-state index in [-0.39, 0.29) is 6.54 Å². The summed E-state index contributed by atoms with van der Waals surface area (Å²) in [4.78, 5) is 27.0. The van der Waals surface area contributed by atoms with E-state index < -0.39 is 34.6 Å². The topological polar surface area (TPSA) is 90.0 Å². The molecule has 0 fully saturated rings. The van der Waals surface area contributed by atoms with Crippen LogP contribution >= 0.6 is 23.2 Å². The number of para-hydroxylation sites is 1. The SMILES string of the molecule is CNC(=O)C(C)N(Cc1c(Cl)cccc1Cl)C(=O)CN(c1ccccc1)S(=O)(=O)N(C)C. The highest BCUT2D eigenvalue weighted by atomic mass is 35.5. The fourth-order valence-corrected chi connectivity index (χ4v) is 4.53. The van der Waals surface area contributed by atoms with Crippen LogP contribution in [-0.4, -0.2) is 63.2 Å². The van der Waals surface area contributed by atoms with Gasteiger partial charge in [0.05, 0.1) is 5.69 Å². The van der Waals surface area contributed by atoms with Crippen molar-refractivity contribution < 1.29 is 18.0 Å². The number of halogens is 2. The Hall–Kier alpha value is -2.33. The van der Waals surface area contributed by atoms with Crippen LogP contribution in [0.4, 0.5) is 5.69 Å². The van der Waals surface area contributed by atoms with Crippen molar-refractivity contribution in [3.8, 4) is 0 Å². The maximum absolute atomic E-state index is 13.4. The van der Waals surface area contributed by atoms with Gasteiger partial charge in [-0.1, -0.05) is 47.5 Å². The molecule has 0 saturated heterocycles. The maximum atomic E-state index is 13.4. The number of carbonyl (C=O) groups excluding carboxylic acids is 2. The van der Waals surface area contributed by atoms with Crippen LogP contribution in [0.5, 0.6) is 0 Å². The molecule has 0 radical (unpaired) electrons. The predicted molar refractivity (Wildman–Crippen MR) is 127 cm³/mol. The van der Waals surface area contributed by atoms with E-state index in [0.29, 0.717) is 21.3 Å². The van der Waals surface area contributed by atoms with Gasteiger partial charge in [-0.2, -0.15) is 12.7 Å².